The number of methoxy groups -OCH3 is 1. The van der Waals surface area contributed by atoms with Gasteiger partial charge in [-0.3, -0.25) is 4.68 Å². The Morgan fingerprint density at radius 1 is 1.43 bits per heavy atom. The Morgan fingerprint density at radius 3 is 2.61 bits per heavy atom. The zero-order chi connectivity index (χ0) is 17.2. The molecular weight excluding hydrogens is 317 g/mol. The number of aryl methyl sites for hydroxylation is 1. The highest BCUT2D eigenvalue weighted by Crippen LogP contribution is 2.36. The summed E-state index contributed by atoms with van der Waals surface area (Å²) >= 11 is 0. The molecule has 0 aliphatic heterocycles. The molecular formula is C13H9F3N4O3. The maximum Gasteiger partial charge on any atom is 0.491 e. The van der Waals surface area contributed by atoms with Gasteiger partial charge >= 0.3 is 12.1 Å². The molecule has 7 nitrogen and oxygen atoms in total. The second kappa shape index (κ2) is 5.96. The minimum atomic E-state index is -5.21. The fraction of sp³-hybridized carbons (Fsp3) is 0.231. The molecule has 120 valence electrons. The standard InChI is InChI=1S/C13H9F3N4O3/c1-20-4-3-9(19-20)8-6-18-11(7(5-17)10(8)22-2)23-12(21)13(14,15)16/h3-4,6H,1-2H3. The van der Waals surface area contributed by atoms with Crippen molar-refractivity contribution in [1.29, 1.82) is 5.26 Å². The third-order valence-corrected chi connectivity index (χ3v) is 2.72. The number of nitrogens with zero attached hydrogens (tertiary/aromatic N) is 4. The van der Waals surface area contributed by atoms with Crippen LogP contribution in [0.15, 0.2) is 18.5 Å². The number of carbonyl (C=O) groups is 1. The summed E-state index contributed by atoms with van der Waals surface area (Å²) in [5.74, 6) is -3.35. The topological polar surface area (TPSA) is 90.0 Å². The van der Waals surface area contributed by atoms with Crippen molar-refractivity contribution in [3.05, 3.63) is 24.0 Å². The molecule has 0 aliphatic rings. The van der Waals surface area contributed by atoms with E-state index in [0.717, 1.165) is 6.20 Å². The molecule has 0 atom stereocenters. The number of hydrogen-bond acceptors (Lipinski definition) is 6. The van der Waals surface area contributed by atoms with Crippen molar-refractivity contribution in [2.24, 2.45) is 7.05 Å². The molecule has 0 aliphatic carbocycles. The van der Waals surface area contributed by atoms with Gasteiger partial charge in [0, 0.05) is 19.4 Å². The number of alkyl halides is 3. The highest BCUT2D eigenvalue weighted by atomic mass is 19.4. The number of ether oxygens (including phenoxy) is 2. The SMILES string of the molecule is COc1c(-c2ccn(C)n2)cnc(OC(=O)C(F)(F)F)c1C#N. The summed E-state index contributed by atoms with van der Waals surface area (Å²) in [4.78, 5) is 14.5. The number of carbonyl (C=O) groups excluding carboxylic acids is 1. The lowest BCUT2D eigenvalue weighted by molar-refractivity contribution is -0.190. The van der Waals surface area contributed by atoms with Gasteiger partial charge in [0.1, 0.15) is 6.07 Å². The first kappa shape index (κ1) is 16.3. The molecule has 0 saturated carbocycles. The predicted molar refractivity (Wildman–Crippen MR) is 69.4 cm³/mol. The number of halogens is 3. The number of nitriles is 1. The molecule has 0 bridgehead atoms. The van der Waals surface area contributed by atoms with Crippen LogP contribution in [0.25, 0.3) is 11.3 Å². The molecule has 10 heteroatoms. The fourth-order valence-electron chi connectivity index (χ4n) is 1.75. The quantitative estimate of drug-likeness (QED) is 0.799. The Bertz CT molecular complexity index is 793. The van der Waals surface area contributed by atoms with Crippen molar-refractivity contribution >= 4 is 5.97 Å². The summed E-state index contributed by atoms with van der Waals surface area (Å²) in [5, 5.41) is 13.2. The van der Waals surface area contributed by atoms with E-state index >= 15 is 0 Å². The number of rotatable bonds is 3. The molecule has 0 fully saturated rings. The van der Waals surface area contributed by atoms with Crippen LogP contribution in [0, 0.1) is 11.3 Å². The third-order valence-electron chi connectivity index (χ3n) is 2.72. The van der Waals surface area contributed by atoms with E-state index in [0.29, 0.717) is 5.69 Å². The Morgan fingerprint density at radius 2 is 2.13 bits per heavy atom. The lowest BCUT2D eigenvalue weighted by atomic mass is 10.1. The Balaban J connectivity index is 2.52. The lowest BCUT2D eigenvalue weighted by Crippen LogP contribution is -2.28. The zero-order valence-corrected chi connectivity index (χ0v) is 11.9. The lowest BCUT2D eigenvalue weighted by Gasteiger charge is -2.12. The number of aromatic nitrogens is 3. The van der Waals surface area contributed by atoms with E-state index in [2.05, 4.69) is 14.8 Å². The molecule has 0 radical (unpaired) electrons. The number of pyridine rings is 1. The highest BCUT2D eigenvalue weighted by Gasteiger charge is 2.42. The van der Waals surface area contributed by atoms with Crippen LogP contribution in [0.2, 0.25) is 0 Å². The van der Waals surface area contributed by atoms with E-state index < -0.39 is 23.6 Å². The molecule has 0 unspecified atom stereocenters. The van der Waals surface area contributed by atoms with Crippen LogP contribution in [0.4, 0.5) is 13.2 Å². The minimum Gasteiger partial charge on any atom is -0.494 e. The molecule has 2 heterocycles. The molecule has 0 spiro atoms. The summed E-state index contributed by atoms with van der Waals surface area (Å²) in [7, 11) is 2.88. The van der Waals surface area contributed by atoms with Crippen molar-refractivity contribution in [2.45, 2.75) is 6.18 Å². The summed E-state index contributed by atoms with van der Waals surface area (Å²) in [6.45, 7) is 0. The summed E-state index contributed by atoms with van der Waals surface area (Å²) in [5.41, 5.74) is 0.228. The first-order chi connectivity index (χ1) is 10.8. The maximum absolute atomic E-state index is 12.3. The molecule has 0 aromatic carbocycles. The first-order valence-electron chi connectivity index (χ1n) is 6.04. The van der Waals surface area contributed by atoms with E-state index in [1.165, 1.54) is 11.8 Å². The van der Waals surface area contributed by atoms with Gasteiger partial charge < -0.3 is 9.47 Å². The van der Waals surface area contributed by atoms with Crippen LogP contribution in [0.1, 0.15) is 5.56 Å². The number of esters is 1. The number of hydrogen-bond donors (Lipinski definition) is 0. The van der Waals surface area contributed by atoms with Gasteiger partial charge in [0.15, 0.2) is 11.3 Å². The molecule has 2 aromatic rings. The average Bonchev–Trinajstić information content (AvgIpc) is 2.91. The van der Waals surface area contributed by atoms with Crippen molar-refractivity contribution in [3.8, 4) is 29.0 Å². The summed E-state index contributed by atoms with van der Waals surface area (Å²) in [6, 6.07) is 3.22. The van der Waals surface area contributed by atoms with Crippen molar-refractivity contribution < 1.29 is 27.4 Å². The monoisotopic (exact) mass is 326 g/mol. The highest BCUT2D eigenvalue weighted by molar-refractivity contribution is 5.79. The summed E-state index contributed by atoms with van der Waals surface area (Å²) in [6.07, 6.45) is -2.47. The van der Waals surface area contributed by atoms with Gasteiger partial charge in [-0.1, -0.05) is 0 Å². The van der Waals surface area contributed by atoms with Gasteiger partial charge in [-0.15, -0.1) is 0 Å². The van der Waals surface area contributed by atoms with Crippen molar-refractivity contribution in [1.82, 2.24) is 14.8 Å². The van der Waals surface area contributed by atoms with Crippen LogP contribution in [-0.4, -0.2) is 34.0 Å². The van der Waals surface area contributed by atoms with Crippen LogP contribution in [0.3, 0.4) is 0 Å². The van der Waals surface area contributed by atoms with Gasteiger partial charge in [-0.2, -0.15) is 23.5 Å². The van der Waals surface area contributed by atoms with Crippen LogP contribution in [0.5, 0.6) is 11.6 Å². The maximum atomic E-state index is 12.3. The normalized spacial score (nSPS) is 11.0. The third kappa shape index (κ3) is 3.23. The van der Waals surface area contributed by atoms with E-state index in [-0.39, 0.29) is 11.3 Å². The van der Waals surface area contributed by atoms with Gasteiger partial charge in [-0.25, -0.2) is 9.78 Å². The van der Waals surface area contributed by atoms with Crippen LogP contribution in [-0.2, 0) is 11.8 Å². The Kier molecular flexibility index (Phi) is 4.22. The van der Waals surface area contributed by atoms with Gasteiger partial charge in [0.2, 0.25) is 5.88 Å². The van der Waals surface area contributed by atoms with Gasteiger partial charge in [-0.05, 0) is 6.07 Å². The first-order valence-corrected chi connectivity index (χ1v) is 6.04. The minimum absolute atomic E-state index is 0.0915. The Labute approximate surface area is 127 Å². The molecule has 0 amide bonds. The molecule has 0 saturated heterocycles. The predicted octanol–water partition coefficient (Wildman–Crippen LogP) is 1.83. The smallest absolute Gasteiger partial charge is 0.491 e. The van der Waals surface area contributed by atoms with E-state index in [9.17, 15) is 18.0 Å². The van der Waals surface area contributed by atoms with E-state index in [4.69, 9.17) is 10.00 Å². The largest absolute Gasteiger partial charge is 0.494 e. The van der Waals surface area contributed by atoms with Crippen LogP contribution >= 0.6 is 0 Å². The zero-order valence-electron chi connectivity index (χ0n) is 11.9. The average molecular weight is 326 g/mol. The fourth-order valence-corrected chi connectivity index (χ4v) is 1.75. The molecule has 2 rings (SSSR count). The molecule has 2 aromatic heterocycles. The summed E-state index contributed by atoms with van der Waals surface area (Å²) < 4.78 is 47.5. The second-order valence-electron chi connectivity index (χ2n) is 4.26. The van der Waals surface area contributed by atoms with Crippen molar-refractivity contribution in [2.75, 3.05) is 7.11 Å². The van der Waals surface area contributed by atoms with Gasteiger partial charge in [0.25, 0.3) is 0 Å². The molecule has 23 heavy (non-hydrogen) atoms. The van der Waals surface area contributed by atoms with E-state index in [1.807, 2.05) is 0 Å². The van der Waals surface area contributed by atoms with Crippen LogP contribution < -0.4 is 9.47 Å². The Hall–Kier alpha value is -3.09. The van der Waals surface area contributed by atoms with Gasteiger partial charge in [0.05, 0.1) is 18.4 Å². The molecule has 0 N–H and O–H groups in total. The van der Waals surface area contributed by atoms with Crippen molar-refractivity contribution in [3.63, 3.8) is 0 Å². The van der Waals surface area contributed by atoms with E-state index in [1.54, 1.807) is 25.4 Å². The second-order valence-corrected chi connectivity index (χ2v) is 4.26.